The molecule has 2 aliphatic rings. The average Bonchev–Trinajstić information content (AvgIpc) is 3.10. The zero-order chi connectivity index (χ0) is 15.6. The summed E-state index contributed by atoms with van der Waals surface area (Å²) < 4.78 is 19.5. The molecule has 1 aromatic heterocycles. The number of carbonyl (C=O) groups excluding carboxylic acids is 1. The lowest BCUT2D eigenvalue weighted by molar-refractivity contribution is -0.131. The van der Waals surface area contributed by atoms with E-state index < -0.39 is 0 Å². The number of nitrogens with one attached hydrogen (secondary N) is 1. The number of anilines is 1. The molecule has 2 N–H and O–H groups in total. The molecule has 2 aliphatic heterocycles. The molecule has 0 aliphatic carbocycles. The van der Waals surface area contributed by atoms with Crippen LogP contribution in [0.5, 0.6) is 0 Å². The molecule has 22 heavy (non-hydrogen) atoms. The molecule has 1 aromatic rings. The van der Waals surface area contributed by atoms with Crippen molar-refractivity contribution in [1.82, 2.24) is 9.88 Å². The van der Waals surface area contributed by atoms with Crippen molar-refractivity contribution in [3.63, 3.8) is 0 Å². The third-order valence-electron chi connectivity index (χ3n) is 4.30. The van der Waals surface area contributed by atoms with Crippen LogP contribution in [0.3, 0.4) is 0 Å². The maximum Gasteiger partial charge on any atom is 0.224 e. The van der Waals surface area contributed by atoms with Crippen LogP contribution < -0.4 is 5.32 Å². The number of aromatic nitrogens is 1. The van der Waals surface area contributed by atoms with E-state index in [1.165, 1.54) is 6.07 Å². The van der Waals surface area contributed by atoms with Crippen LogP contribution in [0.25, 0.3) is 0 Å². The minimum atomic E-state index is -0.380. The summed E-state index contributed by atoms with van der Waals surface area (Å²) in [6.07, 6.45) is 3.18. The largest absolute Gasteiger partial charge is 0.396 e. The molecular weight excluding hydrogens is 289 g/mol. The molecule has 0 saturated carbocycles. The molecule has 1 amide bonds. The fourth-order valence-electron chi connectivity index (χ4n) is 3.22. The Balaban J connectivity index is 1.59. The molecule has 120 valence electrons. The van der Waals surface area contributed by atoms with Crippen LogP contribution in [0.1, 0.15) is 19.3 Å². The summed E-state index contributed by atoms with van der Waals surface area (Å²) >= 11 is 0. The summed E-state index contributed by atoms with van der Waals surface area (Å²) in [5.74, 6) is -0.191. The van der Waals surface area contributed by atoms with Crippen LogP contribution in [0.15, 0.2) is 18.3 Å². The number of aliphatic hydroxyl groups excluding tert-OH is 1. The van der Waals surface area contributed by atoms with Gasteiger partial charge in [0.2, 0.25) is 5.91 Å². The molecule has 6 nitrogen and oxygen atoms in total. The summed E-state index contributed by atoms with van der Waals surface area (Å²) in [6.45, 7) is 1.52. The number of carbonyl (C=O) groups is 1. The van der Waals surface area contributed by atoms with Gasteiger partial charge in [-0.1, -0.05) is 0 Å². The number of ether oxygens (including phenoxy) is 1. The highest BCUT2D eigenvalue weighted by molar-refractivity contribution is 5.76. The van der Waals surface area contributed by atoms with E-state index in [2.05, 4.69) is 10.3 Å². The molecule has 0 bridgehead atoms. The molecule has 0 aromatic carbocycles. The second kappa shape index (κ2) is 6.18. The summed E-state index contributed by atoms with van der Waals surface area (Å²) in [5.41, 5.74) is -0.353. The Labute approximate surface area is 128 Å². The molecule has 0 unspecified atom stereocenters. The Morgan fingerprint density at radius 2 is 2.50 bits per heavy atom. The Morgan fingerprint density at radius 3 is 3.27 bits per heavy atom. The Bertz CT molecular complexity index is 557. The predicted molar refractivity (Wildman–Crippen MR) is 77.8 cm³/mol. The van der Waals surface area contributed by atoms with Gasteiger partial charge in [-0.2, -0.15) is 0 Å². The molecule has 7 heteroatoms. The predicted octanol–water partition coefficient (Wildman–Crippen LogP) is 0.775. The number of aliphatic hydroxyl groups is 1. The van der Waals surface area contributed by atoms with E-state index in [9.17, 15) is 9.18 Å². The normalized spacial score (nSPS) is 27.5. The van der Waals surface area contributed by atoms with Crippen LogP contribution in [0.2, 0.25) is 0 Å². The minimum Gasteiger partial charge on any atom is -0.396 e. The summed E-state index contributed by atoms with van der Waals surface area (Å²) in [7, 11) is 0. The van der Waals surface area contributed by atoms with Gasteiger partial charge < -0.3 is 20.1 Å². The minimum absolute atomic E-state index is 0.0164. The maximum atomic E-state index is 13.6. The van der Waals surface area contributed by atoms with Gasteiger partial charge >= 0.3 is 0 Å². The Morgan fingerprint density at radius 1 is 1.64 bits per heavy atom. The fraction of sp³-hybridized carbons (Fsp3) is 0.600. The first-order valence-electron chi connectivity index (χ1n) is 7.51. The molecular formula is C15H20FN3O3. The summed E-state index contributed by atoms with van der Waals surface area (Å²) in [5, 5.41) is 11.9. The van der Waals surface area contributed by atoms with E-state index in [-0.39, 0.29) is 42.2 Å². The Kier molecular flexibility index (Phi) is 4.26. The second-order valence-corrected chi connectivity index (χ2v) is 5.91. The number of pyridine rings is 1. The lowest BCUT2D eigenvalue weighted by atomic mass is 9.97. The van der Waals surface area contributed by atoms with Crippen LogP contribution in [0.4, 0.5) is 10.2 Å². The van der Waals surface area contributed by atoms with Gasteiger partial charge in [-0.05, 0) is 18.6 Å². The lowest BCUT2D eigenvalue weighted by Gasteiger charge is -2.23. The smallest absolute Gasteiger partial charge is 0.224 e. The number of nitrogens with zero attached hydrogens (tertiary/aromatic N) is 2. The van der Waals surface area contributed by atoms with Gasteiger partial charge in [-0.3, -0.25) is 4.79 Å². The van der Waals surface area contributed by atoms with Crippen molar-refractivity contribution in [2.45, 2.75) is 30.9 Å². The van der Waals surface area contributed by atoms with Crippen LogP contribution in [0, 0.1) is 5.82 Å². The van der Waals surface area contributed by atoms with Crippen molar-refractivity contribution in [2.75, 3.05) is 31.6 Å². The highest BCUT2D eigenvalue weighted by atomic mass is 19.1. The summed E-state index contributed by atoms with van der Waals surface area (Å²) in [6, 6.07) is 2.90. The molecule has 3 rings (SSSR count). The summed E-state index contributed by atoms with van der Waals surface area (Å²) in [4.78, 5) is 17.6. The SMILES string of the molecule is O=C(CCO)N1CC[C@]2(C[C@H](Nc3ncccc3F)CO2)C1. The number of hydrogen-bond donors (Lipinski definition) is 2. The van der Waals surface area contributed by atoms with Crippen molar-refractivity contribution >= 4 is 11.7 Å². The number of hydrogen-bond acceptors (Lipinski definition) is 5. The second-order valence-electron chi connectivity index (χ2n) is 5.91. The van der Waals surface area contributed by atoms with E-state index in [0.29, 0.717) is 26.1 Å². The highest BCUT2D eigenvalue weighted by Gasteiger charge is 2.46. The standard InChI is InChI=1S/C15H20FN3O3/c16-12-2-1-5-17-14(12)18-11-8-15(22-9-11)4-6-19(10-15)13(21)3-7-20/h1-2,5,11,20H,3-4,6-10H2,(H,17,18)/t11-,15-/m0/s1. The number of rotatable bonds is 4. The molecule has 3 heterocycles. The lowest BCUT2D eigenvalue weighted by Crippen LogP contribution is -2.36. The van der Waals surface area contributed by atoms with Crippen molar-refractivity contribution in [1.29, 1.82) is 0 Å². The quantitative estimate of drug-likeness (QED) is 0.859. The van der Waals surface area contributed by atoms with Gasteiger partial charge in [-0.15, -0.1) is 0 Å². The molecule has 2 fully saturated rings. The van der Waals surface area contributed by atoms with Crippen molar-refractivity contribution in [3.8, 4) is 0 Å². The third kappa shape index (κ3) is 3.05. The van der Waals surface area contributed by atoms with E-state index in [4.69, 9.17) is 9.84 Å². The monoisotopic (exact) mass is 309 g/mol. The van der Waals surface area contributed by atoms with Crippen molar-refractivity contribution in [3.05, 3.63) is 24.1 Å². The third-order valence-corrected chi connectivity index (χ3v) is 4.30. The average molecular weight is 309 g/mol. The maximum absolute atomic E-state index is 13.6. The van der Waals surface area contributed by atoms with Crippen LogP contribution in [-0.2, 0) is 9.53 Å². The van der Waals surface area contributed by atoms with E-state index >= 15 is 0 Å². The first-order chi connectivity index (χ1) is 10.6. The van der Waals surface area contributed by atoms with Crippen LogP contribution >= 0.6 is 0 Å². The first-order valence-corrected chi connectivity index (χ1v) is 7.51. The highest BCUT2D eigenvalue weighted by Crippen LogP contribution is 2.36. The van der Waals surface area contributed by atoms with Gasteiger partial charge in [0, 0.05) is 32.1 Å². The molecule has 2 atom stereocenters. The van der Waals surface area contributed by atoms with Gasteiger partial charge in [-0.25, -0.2) is 9.37 Å². The van der Waals surface area contributed by atoms with E-state index in [1.807, 2.05) is 0 Å². The zero-order valence-electron chi connectivity index (χ0n) is 12.3. The number of halogens is 1. The van der Waals surface area contributed by atoms with Gasteiger partial charge in [0.1, 0.15) is 0 Å². The van der Waals surface area contributed by atoms with Gasteiger partial charge in [0.25, 0.3) is 0 Å². The molecule has 0 radical (unpaired) electrons. The van der Waals surface area contributed by atoms with Crippen molar-refractivity contribution < 1.29 is 19.0 Å². The molecule has 1 spiro atoms. The van der Waals surface area contributed by atoms with E-state index in [1.54, 1.807) is 17.2 Å². The van der Waals surface area contributed by atoms with Gasteiger partial charge in [0.15, 0.2) is 11.6 Å². The number of likely N-dealkylation sites (tertiary alicyclic amines) is 1. The Hall–Kier alpha value is -1.73. The number of amides is 1. The van der Waals surface area contributed by atoms with E-state index in [0.717, 1.165) is 6.42 Å². The zero-order valence-corrected chi connectivity index (χ0v) is 12.3. The topological polar surface area (TPSA) is 74.7 Å². The fourth-order valence-corrected chi connectivity index (χ4v) is 3.22. The van der Waals surface area contributed by atoms with Crippen LogP contribution in [-0.4, -0.2) is 58.8 Å². The van der Waals surface area contributed by atoms with Crippen molar-refractivity contribution in [2.24, 2.45) is 0 Å². The molecule has 2 saturated heterocycles. The first kappa shape index (κ1) is 15.2. The van der Waals surface area contributed by atoms with Gasteiger partial charge in [0.05, 0.1) is 24.9 Å².